The Morgan fingerprint density at radius 2 is 2.13 bits per heavy atom. The highest BCUT2D eigenvalue weighted by atomic mass is 32.1. The predicted molar refractivity (Wildman–Crippen MR) is 87.1 cm³/mol. The average Bonchev–Trinajstić information content (AvgIpc) is 3.13. The lowest BCUT2D eigenvalue weighted by molar-refractivity contribution is 0.0522. The summed E-state index contributed by atoms with van der Waals surface area (Å²) >= 11 is 1.36. The fraction of sp³-hybridized carbons (Fsp3) is 0.267. The van der Waals surface area contributed by atoms with Gasteiger partial charge in [0.25, 0.3) is 0 Å². The average molecular weight is 332 g/mol. The number of aromatic nitrogens is 3. The minimum Gasteiger partial charge on any atom is -0.497 e. The van der Waals surface area contributed by atoms with Gasteiger partial charge in [-0.15, -0.1) is 5.10 Å². The maximum atomic E-state index is 11.8. The number of rotatable bonds is 6. The van der Waals surface area contributed by atoms with Crippen LogP contribution < -0.4 is 10.1 Å². The van der Waals surface area contributed by atoms with Crippen LogP contribution in [-0.2, 0) is 11.3 Å². The van der Waals surface area contributed by atoms with Gasteiger partial charge in [-0.2, -0.15) is 0 Å². The topological polar surface area (TPSA) is 77.8 Å². The molecule has 2 aromatic heterocycles. The summed E-state index contributed by atoms with van der Waals surface area (Å²) in [5, 5.41) is 8.30. The first-order valence-corrected chi connectivity index (χ1v) is 7.91. The van der Waals surface area contributed by atoms with Gasteiger partial charge < -0.3 is 14.8 Å². The van der Waals surface area contributed by atoms with E-state index in [1.807, 2.05) is 24.3 Å². The van der Waals surface area contributed by atoms with Crippen molar-refractivity contribution in [1.82, 2.24) is 14.6 Å². The first-order chi connectivity index (χ1) is 11.2. The second-order valence-corrected chi connectivity index (χ2v) is 5.65. The van der Waals surface area contributed by atoms with Crippen LogP contribution in [0, 0.1) is 0 Å². The predicted octanol–water partition coefficient (Wildman–Crippen LogP) is 2.59. The van der Waals surface area contributed by atoms with Crippen LogP contribution in [0.15, 0.2) is 30.6 Å². The summed E-state index contributed by atoms with van der Waals surface area (Å²) < 4.78 is 11.7. The van der Waals surface area contributed by atoms with E-state index in [0.717, 1.165) is 11.3 Å². The van der Waals surface area contributed by atoms with Crippen molar-refractivity contribution in [2.75, 3.05) is 19.0 Å². The van der Waals surface area contributed by atoms with Gasteiger partial charge in [-0.3, -0.25) is 0 Å². The number of esters is 1. The zero-order valence-corrected chi connectivity index (χ0v) is 13.6. The molecule has 0 saturated carbocycles. The Morgan fingerprint density at radius 1 is 1.35 bits per heavy atom. The Kier molecular flexibility index (Phi) is 4.42. The van der Waals surface area contributed by atoms with Crippen molar-refractivity contribution < 1.29 is 14.3 Å². The number of imidazole rings is 1. The molecule has 8 heteroatoms. The van der Waals surface area contributed by atoms with Gasteiger partial charge >= 0.3 is 5.97 Å². The van der Waals surface area contributed by atoms with Gasteiger partial charge in [-0.05, 0) is 24.6 Å². The van der Waals surface area contributed by atoms with Crippen molar-refractivity contribution in [3.63, 3.8) is 0 Å². The molecule has 0 bridgehead atoms. The molecule has 0 saturated heterocycles. The van der Waals surface area contributed by atoms with E-state index >= 15 is 0 Å². The van der Waals surface area contributed by atoms with E-state index in [1.165, 1.54) is 17.7 Å². The summed E-state index contributed by atoms with van der Waals surface area (Å²) in [4.78, 5) is 16.5. The lowest BCUT2D eigenvalue weighted by Gasteiger charge is -2.04. The van der Waals surface area contributed by atoms with Crippen molar-refractivity contribution in [1.29, 1.82) is 0 Å². The molecular formula is C15H16N4O3S. The molecule has 0 aliphatic heterocycles. The quantitative estimate of drug-likeness (QED) is 0.699. The van der Waals surface area contributed by atoms with Gasteiger partial charge in [0.2, 0.25) is 5.13 Å². The highest BCUT2D eigenvalue weighted by molar-refractivity contribution is 7.21. The molecule has 3 aromatic rings. The molecule has 7 nitrogen and oxygen atoms in total. The fourth-order valence-corrected chi connectivity index (χ4v) is 2.91. The van der Waals surface area contributed by atoms with Crippen LogP contribution >= 0.6 is 11.3 Å². The second kappa shape index (κ2) is 6.66. The van der Waals surface area contributed by atoms with E-state index in [4.69, 9.17) is 9.47 Å². The first-order valence-electron chi connectivity index (χ1n) is 7.09. The molecule has 120 valence electrons. The van der Waals surface area contributed by atoms with Crippen molar-refractivity contribution in [3.05, 3.63) is 41.9 Å². The molecule has 1 N–H and O–H groups in total. The number of ether oxygens (including phenoxy) is 2. The summed E-state index contributed by atoms with van der Waals surface area (Å²) in [6.07, 6.45) is 1.51. The molecule has 0 aliphatic carbocycles. The first kappa shape index (κ1) is 15.3. The van der Waals surface area contributed by atoms with E-state index in [1.54, 1.807) is 18.5 Å². The summed E-state index contributed by atoms with van der Waals surface area (Å²) in [6.45, 7) is 2.71. The maximum absolute atomic E-state index is 11.8. The number of hydrogen-bond donors (Lipinski definition) is 1. The van der Waals surface area contributed by atoms with Crippen LogP contribution in [-0.4, -0.2) is 34.3 Å². The van der Waals surface area contributed by atoms with E-state index in [0.29, 0.717) is 28.8 Å². The molecule has 0 radical (unpaired) electrons. The molecule has 0 amide bonds. The Hall–Kier alpha value is -2.61. The third-order valence-electron chi connectivity index (χ3n) is 3.17. The van der Waals surface area contributed by atoms with Gasteiger partial charge in [0, 0.05) is 6.54 Å². The Balaban J connectivity index is 1.72. The highest BCUT2D eigenvalue weighted by Crippen LogP contribution is 2.23. The minimum absolute atomic E-state index is 0.293. The summed E-state index contributed by atoms with van der Waals surface area (Å²) in [6, 6.07) is 7.79. The second-order valence-electron chi connectivity index (χ2n) is 4.67. The van der Waals surface area contributed by atoms with E-state index in [2.05, 4.69) is 15.4 Å². The van der Waals surface area contributed by atoms with Gasteiger partial charge in [0.1, 0.15) is 12.1 Å². The summed E-state index contributed by atoms with van der Waals surface area (Å²) in [7, 11) is 1.64. The SMILES string of the molecule is CCOC(=O)c1ncn2nc(NCc3ccc(OC)cc3)sc12. The van der Waals surface area contributed by atoms with Crippen LogP contribution in [0.4, 0.5) is 5.13 Å². The fourth-order valence-electron chi connectivity index (χ4n) is 2.04. The Labute approximate surface area is 136 Å². The number of anilines is 1. The lowest BCUT2D eigenvalue weighted by atomic mass is 10.2. The van der Waals surface area contributed by atoms with Gasteiger partial charge in [-0.25, -0.2) is 14.3 Å². The third-order valence-corrected chi connectivity index (χ3v) is 4.16. The van der Waals surface area contributed by atoms with E-state index in [-0.39, 0.29) is 0 Å². The smallest absolute Gasteiger partial charge is 0.360 e. The molecule has 0 atom stereocenters. The molecule has 0 aliphatic rings. The Bertz CT molecular complexity index is 810. The van der Waals surface area contributed by atoms with E-state index in [9.17, 15) is 4.79 Å². The van der Waals surface area contributed by atoms with Crippen LogP contribution in [0.5, 0.6) is 5.75 Å². The van der Waals surface area contributed by atoms with Gasteiger partial charge in [-0.1, -0.05) is 23.5 Å². The molecule has 0 spiro atoms. The largest absolute Gasteiger partial charge is 0.497 e. The van der Waals surface area contributed by atoms with Crippen LogP contribution in [0.3, 0.4) is 0 Å². The van der Waals surface area contributed by atoms with Crippen LogP contribution in [0.1, 0.15) is 23.0 Å². The van der Waals surface area contributed by atoms with Crippen molar-refractivity contribution >= 4 is 27.3 Å². The molecule has 3 rings (SSSR count). The molecule has 0 unspecified atom stereocenters. The number of carbonyl (C=O) groups excluding carboxylic acids is 1. The number of methoxy groups -OCH3 is 1. The molecule has 2 heterocycles. The van der Waals surface area contributed by atoms with Gasteiger partial charge in [0.15, 0.2) is 10.5 Å². The van der Waals surface area contributed by atoms with Crippen molar-refractivity contribution in [2.45, 2.75) is 13.5 Å². The molecule has 1 aromatic carbocycles. The van der Waals surface area contributed by atoms with Gasteiger partial charge in [0.05, 0.1) is 13.7 Å². The molecule has 23 heavy (non-hydrogen) atoms. The summed E-state index contributed by atoms with van der Waals surface area (Å²) in [5.41, 5.74) is 1.40. The molecule has 0 fully saturated rings. The minimum atomic E-state index is -0.430. The normalized spacial score (nSPS) is 10.7. The number of carbonyl (C=O) groups is 1. The van der Waals surface area contributed by atoms with E-state index < -0.39 is 5.97 Å². The lowest BCUT2D eigenvalue weighted by Crippen LogP contribution is -2.04. The van der Waals surface area contributed by atoms with Crippen molar-refractivity contribution in [2.24, 2.45) is 0 Å². The number of hydrogen-bond acceptors (Lipinski definition) is 7. The third kappa shape index (κ3) is 3.26. The number of benzene rings is 1. The zero-order valence-electron chi connectivity index (χ0n) is 12.8. The Morgan fingerprint density at radius 3 is 2.83 bits per heavy atom. The highest BCUT2D eigenvalue weighted by Gasteiger charge is 2.18. The van der Waals surface area contributed by atoms with Crippen molar-refractivity contribution in [3.8, 4) is 5.75 Å². The monoisotopic (exact) mass is 332 g/mol. The van der Waals surface area contributed by atoms with Crippen LogP contribution in [0.25, 0.3) is 4.83 Å². The number of fused-ring (bicyclic) bond motifs is 1. The van der Waals surface area contributed by atoms with Crippen LogP contribution in [0.2, 0.25) is 0 Å². The number of nitrogens with zero attached hydrogens (tertiary/aromatic N) is 3. The zero-order chi connectivity index (χ0) is 16.2. The molecular weight excluding hydrogens is 316 g/mol. The number of nitrogens with one attached hydrogen (secondary N) is 1. The standard InChI is InChI=1S/C15H16N4O3S/c1-3-22-14(20)12-13-19(9-17-12)18-15(23-13)16-8-10-4-6-11(21-2)7-5-10/h4-7,9H,3,8H2,1-2H3,(H,16,18). The maximum Gasteiger partial charge on any atom is 0.360 e. The summed E-state index contributed by atoms with van der Waals surface area (Å²) in [5.74, 6) is 0.391.